The third-order valence-electron chi connectivity index (χ3n) is 4.55. The minimum absolute atomic E-state index is 0.705. The Bertz CT molecular complexity index is 581. The van der Waals surface area contributed by atoms with Gasteiger partial charge in [-0.3, -0.25) is 0 Å². The van der Waals surface area contributed by atoms with Crippen LogP contribution in [-0.4, -0.2) is 4.57 Å². The first-order valence-corrected chi connectivity index (χ1v) is 7.82. The molecule has 1 aliphatic rings. The van der Waals surface area contributed by atoms with Crippen LogP contribution in [0.1, 0.15) is 54.8 Å². The smallest absolute Gasteiger partial charge is 0.234 e. The summed E-state index contributed by atoms with van der Waals surface area (Å²) in [5.41, 5.74) is 5.39. The van der Waals surface area contributed by atoms with Crippen LogP contribution in [0.5, 0.6) is 0 Å². The maximum atomic E-state index is 2.41. The standard InChI is InChI=1S/C18H25N2/c1-14-11-15(2)18(16(3)12-14)20-10-9-19(13-20)17-7-5-4-6-8-17/h9-13,17H,4-8H2,1-3H3/q+1. The lowest BCUT2D eigenvalue weighted by atomic mass is 9.95. The van der Waals surface area contributed by atoms with Crippen LogP contribution >= 0.6 is 0 Å². The van der Waals surface area contributed by atoms with Crippen LogP contribution < -0.4 is 4.57 Å². The lowest BCUT2D eigenvalue weighted by Gasteiger charge is -2.18. The molecule has 0 N–H and O–H groups in total. The Kier molecular flexibility index (Phi) is 3.64. The highest BCUT2D eigenvalue weighted by molar-refractivity contribution is 5.43. The normalized spacial score (nSPS) is 16.6. The molecule has 0 radical (unpaired) electrons. The minimum Gasteiger partial charge on any atom is -0.234 e. The molecular weight excluding hydrogens is 244 g/mol. The first-order valence-electron chi connectivity index (χ1n) is 7.82. The molecule has 1 saturated carbocycles. The molecule has 2 heteroatoms. The molecule has 1 aliphatic carbocycles. The summed E-state index contributed by atoms with van der Waals surface area (Å²) in [5, 5.41) is 0. The number of hydrogen-bond donors (Lipinski definition) is 0. The predicted octanol–water partition coefficient (Wildman–Crippen LogP) is 4.20. The second-order valence-corrected chi connectivity index (χ2v) is 6.31. The van der Waals surface area contributed by atoms with Crippen molar-refractivity contribution in [2.75, 3.05) is 0 Å². The third kappa shape index (κ3) is 2.52. The fourth-order valence-corrected chi connectivity index (χ4v) is 3.68. The SMILES string of the molecule is Cc1cc(C)c(-[n+]2ccn(C3CCCCC3)c2)c(C)c1. The number of rotatable bonds is 2. The highest BCUT2D eigenvalue weighted by Crippen LogP contribution is 2.27. The zero-order valence-corrected chi connectivity index (χ0v) is 12.9. The van der Waals surface area contributed by atoms with Gasteiger partial charge in [0.15, 0.2) is 0 Å². The summed E-state index contributed by atoms with van der Waals surface area (Å²) in [6.45, 7) is 6.59. The molecule has 0 aliphatic heterocycles. The summed E-state index contributed by atoms with van der Waals surface area (Å²) in [5.74, 6) is 0. The van der Waals surface area contributed by atoms with Gasteiger partial charge in [0, 0.05) is 0 Å². The molecular formula is C18H25N2+. The number of hydrogen-bond acceptors (Lipinski definition) is 0. The fourth-order valence-electron chi connectivity index (χ4n) is 3.68. The highest BCUT2D eigenvalue weighted by Gasteiger charge is 2.21. The van der Waals surface area contributed by atoms with Gasteiger partial charge in [0.05, 0.1) is 0 Å². The van der Waals surface area contributed by atoms with Crippen molar-refractivity contribution in [3.05, 3.63) is 47.5 Å². The quantitative estimate of drug-likeness (QED) is 0.723. The second-order valence-electron chi connectivity index (χ2n) is 6.31. The number of aromatic nitrogens is 2. The molecule has 1 fully saturated rings. The molecule has 0 spiro atoms. The van der Waals surface area contributed by atoms with Gasteiger partial charge in [-0.2, -0.15) is 0 Å². The number of nitrogens with zero attached hydrogens (tertiary/aromatic N) is 2. The summed E-state index contributed by atoms with van der Waals surface area (Å²) in [4.78, 5) is 0. The highest BCUT2D eigenvalue weighted by atomic mass is 15.1. The summed E-state index contributed by atoms with van der Waals surface area (Å²) >= 11 is 0. The van der Waals surface area contributed by atoms with E-state index in [2.05, 4.69) is 60.8 Å². The van der Waals surface area contributed by atoms with Gasteiger partial charge in [0.1, 0.15) is 24.1 Å². The molecule has 1 aromatic heterocycles. The predicted molar refractivity (Wildman–Crippen MR) is 82.3 cm³/mol. The van der Waals surface area contributed by atoms with E-state index in [4.69, 9.17) is 0 Å². The Balaban J connectivity index is 1.94. The Morgan fingerprint density at radius 3 is 2.30 bits per heavy atom. The van der Waals surface area contributed by atoms with Crippen LogP contribution in [0.3, 0.4) is 0 Å². The van der Waals surface area contributed by atoms with Crippen molar-refractivity contribution in [2.24, 2.45) is 0 Å². The van der Waals surface area contributed by atoms with Gasteiger partial charge < -0.3 is 0 Å². The third-order valence-corrected chi connectivity index (χ3v) is 4.55. The topological polar surface area (TPSA) is 8.81 Å². The molecule has 0 atom stereocenters. The zero-order valence-electron chi connectivity index (χ0n) is 12.9. The first kappa shape index (κ1) is 13.4. The van der Waals surface area contributed by atoms with Crippen molar-refractivity contribution in [3.63, 3.8) is 0 Å². The van der Waals surface area contributed by atoms with E-state index in [-0.39, 0.29) is 0 Å². The minimum atomic E-state index is 0.705. The average Bonchev–Trinajstić information content (AvgIpc) is 2.88. The summed E-state index contributed by atoms with van der Waals surface area (Å²) in [7, 11) is 0. The maximum Gasteiger partial charge on any atom is 0.249 e. The van der Waals surface area contributed by atoms with E-state index in [9.17, 15) is 0 Å². The molecule has 106 valence electrons. The Morgan fingerprint density at radius 1 is 1.00 bits per heavy atom. The molecule has 2 nitrogen and oxygen atoms in total. The van der Waals surface area contributed by atoms with E-state index in [1.165, 1.54) is 54.5 Å². The van der Waals surface area contributed by atoms with E-state index in [0.29, 0.717) is 6.04 Å². The average molecular weight is 269 g/mol. The summed E-state index contributed by atoms with van der Waals surface area (Å²) < 4.78 is 4.70. The van der Waals surface area contributed by atoms with Crippen molar-refractivity contribution in [1.29, 1.82) is 0 Å². The van der Waals surface area contributed by atoms with Gasteiger partial charge in [0.25, 0.3) is 0 Å². The Labute approximate surface area is 122 Å². The van der Waals surface area contributed by atoms with E-state index < -0.39 is 0 Å². The molecule has 0 saturated heterocycles. The molecule has 1 heterocycles. The van der Waals surface area contributed by atoms with Crippen molar-refractivity contribution >= 4 is 0 Å². The van der Waals surface area contributed by atoms with Gasteiger partial charge in [-0.25, -0.2) is 9.13 Å². The van der Waals surface area contributed by atoms with E-state index in [1.54, 1.807) is 0 Å². The van der Waals surface area contributed by atoms with Gasteiger partial charge in [-0.1, -0.05) is 24.1 Å². The van der Waals surface area contributed by atoms with Crippen LogP contribution in [0.4, 0.5) is 0 Å². The van der Waals surface area contributed by atoms with Crippen LogP contribution in [-0.2, 0) is 0 Å². The summed E-state index contributed by atoms with van der Waals surface area (Å²) in [6.07, 6.45) is 13.6. The monoisotopic (exact) mass is 269 g/mol. The molecule has 2 aromatic rings. The molecule has 0 amide bonds. The fraction of sp³-hybridized carbons (Fsp3) is 0.500. The Morgan fingerprint density at radius 2 is 1.65 bits per heavy atom. The van der Waals surface area contributed by atoms with Crippen LogP contribution in [0.15, 0.2) is 30.9 Å². The number of aryl methyl sites for hydroxylation is 3. The number of benzene rings is 1. The maximum absolute atomic E-state index is 2.41. The van der Waals surface area contributed by atoms with Crippen LogP contribution in [0, 0.1) is 20.8 Å². The number of imidazole rings is 1. The van der Waals surface area contributed by atoms with Crippen LogP contribution in [0.2, 0.25) is 0 Å². The zero-order chi connectivity index (χ0) is 14.1. The Hall–Kier alpha value is -1.57. The van der Waals surface area contributed by atoms with E-state index >= 15 is 0 Å². The molecule has 1 aromatic carbocycles. The molecule has 0 bridgehead atoms. The van der Waals surface area contributed by atoms with Crippen molar-refractivity contribution in [2.45, 2.75) is 58.9 Å². The lowest BCUT2D eigenvalue weighted by Crippen LogP contribution is -2.30. The van der Waals surface area contributed by atoms with Crippen molar-refractivity contribution in [3.8, 4) is 5.69 Å². The van der Waals surface area contributed by atoms with Crippen molar-refractivity contribution < 1.29 is 4.57 Å². The van der Waals surface area contributed by atoms with Crippen molar-refractivity contribution in [1.82, 2.24) is 4.57 Å². The summed E-state index contributed by atoms with van der Waals surface area (Å²) in [6, 6.07) is 5.25. The van der Waals surface area contributed by atoms with Gasteiger partial charge in [-0.05, 0) is 57.6 Å². The van der Waals surface area contributed by atoms with E-state index in [1.807, 2.05) is 0 Å². The molecule has 3 rings (SSSR count). The van der Waals surface area contributed by atoms with Gasteiger partial charge >= 0.3 is 0 Å². The second kappa shape index (κ2) is 5.43. The molecule has 0 unspecified atom stereocenters. The lowest BCUT2D eigenvalue weighted by molar-refractivity contribution is -0.596. The first-order chi connectivity index (χ1) is 9.65. The van der Waals surface area contributed by atoms with Gasteiger partial charge in [-0.15, -0.1) is 0 Å². The largest absolute Gasteiger partial charge is 0.249 e. The molecule has 20 heavy (non-hydrogen) atoms. The van der Waals surface area contributed by atoms with Gasteiger partial charge in [0.2, 0.25) is 6.33 Å². The van der Waals surface area contributed by atoms with E-state index in [0.717, 1.165) is 0 Å². The van der Waals surface area contributed by atoms with Crippen LogP contribution in [0.25, 0.3) is 5.69 Å².